The van der Waals surface area contributed by atoms with Crippen molar-refractivity contribution in [2.24, 2.45) is 0 Å². The summed E-state index contributed by atoms with van der Waals surface area (Å²) in [5.41, 5.74) is -1.10. The molecule has 0 fully saturated rings. The van der Waals surface area contributed by atoms with Crippen molar-refractivity contribution in [2.75, 3.05) is 13.6 Å². The number of nitrogens with zero attached hydrogens (tertiary/aromatic N) is 2. The highest BCUT2D eigenvalue weighted by molar-refractivity contribution is 4.85. The van der Waals surface area contributed by atoms with E-state index >= 15 is 0 Å². The third-order valence-electron chi connectivity index (χ3n) is 1.86. The van der Waals surface area contributed by atoms with Crippen LogP contribution in [-0.2, 0) is 6.54 Å². The standard InChI is InChI=1S/C9H15N3O2/c1-9(14,5-10-2)6-12-7-11-4-3-8(12)13/h3-4,7,10,14H,5-6H2,1-2H3. The molecule has 1 atom stereocenters. The van der Waals surface area contributed by atoms with Gasteiger partial charge in [0.15, 0.2) is 0 Å². The first kappa shape index (κ1) is 10.9. The maximum atomic E-state index is 11.3. The van der Waals surface area contributed by atoms with Gasteiger partial charge in [0.2, 0.25) is 0 Å². The largest absolute Gasteiger partial charge is 0.387 e. The molecule has 0 amide bonds. The highest BCUT2D eigenvalue weighted by Gasteiger charge is 2.20. The number of aromatic nitrogens is 2. The molecule has 78 valence electrons. The Hall–Kier alpha value is -1.20. The second kappa shape index (κ2) is 4.34. The molecule has 5 heteroatoms. The van der Waals surface area contributed by atoms with E-state index in [9.17, 15) is 9.90 Å². The van der Waals surface area contributed by atoms with Crippen LogP contribution in [0.2, 0.25) is 0 Å². The van der Waals surface area contributed by atoms with Crippen LogP contribution in [0, 0.1) is 0 Å². The molecular weight excluding hydrogens is 182 g/mol. The van der Waals surface area contributed by atoms with Gasteiger partial charge in [-0.15, -0.1) is 0 Å². The van der Waals surface area contributed by atoms with Gasteiger partial charge < -0.3 is 10.4 Å². The van der Waals surface area contributed by atoms with E-state index in [0.29, 0.717) is 6.54 Å². The van der Waals surface area contributed by atoms with Crippen LogP contribution in [0.15, 0.2) is 23.4 Å². The van der Waals surface area contributed by atoms with Gasteiger partial charge in [-0.2, -0.15) is 0 Å². The molecule has 0 bridgehead atoms. The summed E-state index contributed by atoms with van der Waals surface area (Å²) in [6.07, 6.45) is 2.86. The van der Waals surface area contributed by atoms with Crippen molar-refractivity contribution in [1.29, 1.82) is 0 Å². The Morgan fingerprint density at radius 3 is 3.00 bits per heavy atom. The molecule has 0 aliphatic heterocycles. The monoisotopic (exact) mass is 197 g/mol. The zero-order valence-electron chi connectivity index (χ0n) is 8.40. The quantitative estimate of drug-likeness (QED) is 0.664. The average Bonchev–Trinajstić information content (AvgIpc) is 2.08. The zero-order valence-corrected chi connectivity index (χ0v) is 8.40. The summed E-state index contributed by atoms with van der Waals surface area (Å²) in [6, 6.07) is 1.37. The first-order chi connectivity index (χ1) is 6.55. The molecule has 14 heavy (non-hydrogen) atoms. The van der Waals surface area contributed by atoms with Gasteiger partial charge in [0.05, 0.1) is 18.5 Å². The molecule has 1 aromatic heterocycles. The van der Waals surface area contributed by atoms with Crippen molar-refractivity contribution in [1.82, 2.24) is 14.9 Å². The van der Waals surface area contributed by atoms with Crippen LogP contribution >= 0.6 is 0 Å². The fourth-order valence-corrected chi connectivity index (χ4v) is 1.30. The number of hydrogen-bond acceptors (Lipinski definition) is 4. The maximum absolute atomic E-state index is 11.3. The number of nitrogens with one attached hydrogen (secondary N) is 1. The van der Waals surface area contributed by atoms with Gasteiger partial charge in [-0.1, -0.05) is 0 Å². The molecule has 0 aliphatic rings. The molecule has 5 nitrogen and oxygen atoms in total. The van der Waals surface area contributed by atoms with E-state index < -0.39 is 5.60 Å². The van der Waals surface area contributed by atoms with E-state index in [1.165, 1.54) is 23.2 Å². The number of likely N-dealkylation sites (N-methyl/N-ethyl adjacent to an activating group) is 1. The normalized spacial score (nSPS) is 15.1. The van der Waals surface area contributed by atoms with Crippen molar-refractivity contribution in [3.63, 3.8) is 0 Å². The first-order valence-electron chi connectivity index (χ1n) is 4.42. The second-order valence-corrected chi connectivity index (χ2v) is 3.57. The average molecular weight is 197 g/mol. The highest BCUT2D eigenvalue weighted by atomic mass is 16.3. The Morgan fingerprint density at radius 2 is 2.43 bits per heavy atom. The molecule has 1 unspecified atom stereocenters. The van der Waals surface area contributed by atoms with Crippen LogP contribution < -0.4 is 10.9 Å². The summed E-state index contributed by atoms with van der Waals surface area (Å²) in [5, 5.41) is 12.7. The van der Waals surface area contributed by atoms with E-state index in [1.807, 2.05) is 0 Å². The molecule has 0 radical (unpaired) electrons. The van der Waals surface area contributed by atoms with E-state index in [2.05, 4.69) is 10.3 Å². The summed E-state index contributed by atoms with van der Waals surface area (Å²) in [5.74, 6) is 0. The molecule has 0 aromatic carbocycles. The fourth-order valence-electron chi connectivity index (χ4n) is 1.30. The summed E-state index contributed by atoms with van der Waals surface area (Å²) >= 11 is 0. The van der Waals surface area contributed by atoms with Gasteiger partial charge >= 0.3 is 0 Å². The van der Waals surface area contributed by atoms with Crippen LogP contribution in [-0.4, -0.2) is 33.9 Å². The zero-order chi connectivity index (χ0) is 10.6. The highest BCUT2D eigenvalue weighted by Crippen LogP contribution is 2.03. The predicted molar refractivity (Wildman–Crippen MR) is 53.0 cm³/mol. The van der Waals surface area contributed by atoms with Crippen LogP contribution in [0.3, 0.4) is 0 Å². The van der Waals surface area contributed by atoms with Crippen molar-refractivity contribution < 1.29 is 5.11 Å². The molecule has 0 saturated heterocycles. The minimum atomic E-state index is -0.943. The topological polar surface area (TPSA) is 67.2 Å². The Morgan fingerprint density at radius 1 is 1.71 bits per heavy atom. The lowest BCUT2D eigenvalue weighted by molar-refractivity contribution is 0.0425. The smallest absolute Gasteiger partial charge is 0.253 e. The molecule has 1 aromatic rings. The molecule has 0 spiro atoms. The van der Waals surface area contributed by atoms with Crippen LogP contribution in [0.5, 0.6) is 0 Å². The fraction of sp³-hybridized carbons (Fsp3) is 0.556. The van der Waals surface area contributed by atoms with E-state index in [0.717, 1.165) is 0 Å². The van der Waals surface area contributed by atoms with Gasteiger partial charge in [0, 0.05) is 18.8 Å². The number of hydrogen-bond donors (Lipinski definition) is 2. The van der Waals surface area contributed by atoms with E-state index in [-0.39, 0.29) is 12.1 Å². The Bertz CT molecular complexity index is 346. The van der Waals surface area contributed by atoms with Crippen LogP contribution in [0.4, 0.5) is 0 Å². The third-order valence-corrected chi connectivity index (χ3v) is 1.86. The number of rotatable bonds is 4. The molecule has 0 saturated carbocycles. The van der Waals surface area contributed by atoms with Crippen molar-refractivity contribution in [3.05, 3.63) is 28.9 Å². The van der Waals surface area contributed by atoms with Gasteiger partial charge in [-0.25, -0.2) is 4.98 Å². The SMILES string of the molecule is CNCC(C)(O)Cn1cnccc1=O. The summed E-state index contributed by atoms with van der Waals surface area (Å²) in [4.78, 5) is 15.1. The van der Waals surface area contributed by atoms with E-state index in [4.69, 9.17) is 0 Å². The van der Waals surface area contributed by atoms with Gasteiger partial charge in [-0.3, -0.25) is 9.36 Å². The van der Waals surface area contributed by atoms with Crippen molar-refractivity contribution in [3.8, 4) is 0 Å². The number of aliphatic hydroxyl groups is 1. The molecular formula is C9H15N3O2. The van der Waals surface area contributed by atoms with Crippen LogP contribution in [0.1, 0.15) is 6.92 Å². The summed E-state index contributed by atoms with van der Waals surface area (Å²) in [7, 11) is 1.75. The Labute approximate surface area is 82.4 Å². The summed E-state index contributed by atoms with van der Waals surface area (Å²) < 4.78 is 1.39. The minimum Gasteiger partial charge on any atom is -0.387 e. The predicted octanol–water partition coefficient (Wildman–Crippen LogP) is -0.786. The molecule has 1 rings (SSSR count). The van der Waals surface area contributed by atoms with Gasteiger partial charge in [0.25, 0.3) is 5.56 Å². The Kier molecular flexibility index (Phi) is 3.38. The van der Waals surface area contributed by atoms with Crippen LogP contribution in [0.25, 0.3) is 0 Å². The minimum absolute atomic E-state index is 0.156. The summed E-state index contributed by atoms with van der Waals surface area (Å²) in [6.45, 7) is 2.33. The lowest BCUT2D eigenvalue weighted by atomic mass is 10.1. The van der Waals surface area contributed by atoms with Crippen molar-refractivity contribution in [2.45, 2.75) is 19.1 Å². The lowest BCUT2D eigenvalue weighted by Gasteiger charge is -2.23. The van der Waals surface area contributed by atoms with Crippen molar-refractivity contribution >= 4 is 0 Å². The molecule has 1 heterocycles. The third kappa shape index (κ3) is 2.93. The molecule has 2 N–H and O–H groups in total. The first-order valence-corrected chi connectivity index (χ1v) is 4.42. The maximum Gasteiger partial charge on any atom is 0.253 e. The van der Waals surface area contributed by atoms with Gasteiger partial charge in [0.1, 0.15) is 0 Å². The van der Waals surface area contributed by atoms with E-state index in [1.54, 1.807) is 14.0 Å². The second-order valence-electron chi connectivity index (χ2n) is 3.57. The Balaban J connectivity index is 2.78. The molecule has 0 aliphatic carbocycles. The lowest BCUT2D eigenvalue weighted by Crippen LogP contribution is -2.42. The van der Waals surface area contributed by atoms with Gasteiger partial charge in [-0.05, 0) is 14.0 Å².